The lowest BCUT2D eigenvalue weighted by atomic mass is 10.0. The zero-order valence-electron chi connectivity index (χ0n) is 16.7. The highest BCUT2D eigenvalue weighted by atomic mass is 16.2. The van der Waals surface area contributed by atoms with Crippen LogP contribution in [0.15, 0.2) is 71.5 Å². The Morgan fingerprint density at radius 2 is 1.70 bits per heavy atom. The van der Waals surface area contributed by atoms with Crippen LogP contribution in [0.3, 0.4) is 0 Å². The predicted molar refractivity (Wildman–Crippen MR) is 117 cm³/mol. The Labute approximate surface area is 174 Å². The smallest absolute Gasteiger partial charge is 0.272 e. The van der Waals surface area contributed by atoms with Gasteiger partial charge in [0.25, 0.3) is 5.56 Å². The SMILES string of the molecule is Cc1ccc2c(c1)CN(C(=O)Cc1ccc(-c3n[nH]c(=O)c4ccccc34)cc1)C2. The van der Waals surface area contributed by atoms with Crippen LogP contribution in [-0.4, -0.2) is 21.0 Å². The summed E-state index contributed by atoms with van der Waals surface area (Å²) in [5.74, 6) is 0.129. The largest absolute Gasteiger partial charge is 0.334 e. The summed E-state index contributed by atoms with van der Waals surface area (Å²) in [7, 11) is 0. The lowest BCUT2D eigenvalue weighted by Crippen LogP contribution is -2.26. The van der Waals surface area contributed by atoms with Crippen molar-refractivity contribution in [2.75, 3.05) is 0 Å². The minimum Gasteiger partial charge on any atom is -0.334 e. The first-order valence-corrected chi connectivity index (χ1v) is 10.0. The number of aromatic amines is 1. The number of aryl methyl sites for hydroxylation is 1. The number of benzene rings is 3. The third-order valence-electron chi connectivity index (χ3n) is 5.72. The fourth-order valence-corrected chi connectivity index (χ4v) is 4.10. The Balaban J connectivity index is 1.35. The first kappa shape index (κ1) is 18.3. The summed E-state index contributed by atoms with van der Waals surface area (Å²) in [6.07, 6.45) is 0.368. The van der Waals surface area contributed by atoms with Crippen molar-refractivity contribution < 1.29 is 4.79 Å². The van der Waals surface area contributed by atoms with Crippen LogP contribution in [0.5, 0.6) is 0 Å². The lowest BCUT2D eigenvalue weighted by molar-refractivity contribution is -0.131. The van der Waals surface area contributed by atoms with Gasteiger partial charge in [-0.05, 0) is 29.7 Å². The van der Waals surface area contributed by atoms with E-state index in [4.69, 9.17) is 0 Å². The van der Waals surface area contributed by atoms with Crippen LogP contribution in [-0.2, 0) is 24.3 Å². The van der Waals surface area contributed by atoms with E-state index in [1.54, 1.807) is 6.07 Å². The minimum atomic E-state index is -0.196. The van der Waals surface area contributed by atoms with E-state index >= 15 is 0 Å². The van der Waals surface area contributed by atoms with E-state index in [-0.39, 0.29) is 11.5 Å². The molecular weight excluding hydrogens is 374 g/mol. The number of H-pyrrole nitrogens is 1. The highest BCUT2D eigenvalue weighted by molar-refractivity contribution is 5.93. The van der Waals surface area contributed by atoms with E-state index in [1.165, 1.54) is 16.7 Å². The summed E-state index contributed by atoms with van der Waals surface area (Å²) in [4.78, 5) is 26.7. The summed E-state index contributed by atoms with van der Waals surface area (Å²) in [5, 5.41) is 8.25. The molecule has 0 radical (unpaired) electrons. The zero-order valence-corrected chi connectivity index (χ0v) is 16.7. The number of rotatable bonds is 3. The van der Waals surface area contributed by atoms with Crippen molar-refractivity contribution in [3.05, 3.63) is 99.3 Å². The van der Waals surface area contributed by atoms with Crippen LogP contribution in [0.1, 0.15) is 22.3 Å². The van der Waals surface area contributed by atoms with Gasteiger partial charge in [-0.25, -0.2) is 5.10 Å². The van der Waals surface area contributed by atoms with Crippen LogP contribution >= 0.6 is 0 Å². The van der Waals surface area contributed by atoms with Crippen molar-refractivity contribution in [2.24, 2.45) is 0 Å². The summed E-state index contributed by atoms with van der Waals surface area (Å²) in [6.45, 7) is 3.44. The second-order valence-corrected chi connectivity index (χ2v) is 7.84. The van der Waals surface area contributed by atoms with Gasteiger partial charge >= 0.3 is 0 Å². The molecule has 1 amide bonds. The van der Waals surface area contributed by atoms with Gasteiger partial charge in [-0.3, -0.25) is 9.59 Å². The number of aromatic nitrogens is 2. The number of carbonyl (C=O) groups is 1. The van der Waals surface area contributed by atoms with E-state index in [2.05, 4.69) is 35.3 Å². The van der Waals surface area contributed by atoms with Crippen LogP contribution in [0.4, 0.5) is 0 Å². The molecule has 2 heterocycles. The predicted octanol–water partition coefficient (Wildman–Crippen LogP) is 3.98. The maximum atomic E-state index is 12.8. The molecule has 0 bridgehead atoms. The highest BCUT2D eigenvalue weighted by Crippen LogP contribution is 2.26. The maximum Gasteiger partial charge on any atom is 0.272 e. The minimum absolute atomic E-state index is 0.129. The Bertz CT molecular complexity index is 1320. The molecule has 0 fully saturated rings. The van der Waals surface area contributed by atoms with Crippen LogP contribution in [0, 0.1) is 6.92 Å². The van der Waals surface area contributed by atoms with Gasteiger partial charge in [0.2, 0.25) is 5.91 Å². The van der Waals surface area contributed by atoms with Crippen molar-refractivity contribution >= 4 is 16.7 Å². The van der Waals surface area contributed by atoms with Crippen LogP contribution in [0.2, 0.25) is 0 Å². The summed E-state index contributed by atoms with van der Waals surface area (Å²) >= 11 is 0. The van der Waals surface area contributed by atoms with Gasteiger partial charge in [-0.2, -0.15) is 5.10 Å². The Morgan fingerprint density at radius 1 is 0.967 bits per heavy atom. The topological polar surface area (TPSA) is 66.1 Å². The van der Waals surface area contributed by atoms with Gasteiger partial charge in [0.15, 0.2) is 0 Å². The molecule has 30 heavy (non-hydrogen) atoms. The standard InChI is InChI=1S/C25H21N3O2/c1-16-6-9-19-14-28(15-20(19)12-16)23(29)13-17-7-10-18(11-8-17)24-21-4-2-3-5-22(21)25(30)27-26-24/h2-12H,13-15H2,1H3,(H,27,30). The Morgan fingerprint density at radius 3 is 2.50 bits per heavy atom. The Hall–Kier alpha value is -3.73. The van der Waals surface area contributed by atoms with Crippen molar-refractivity contribution in [1.29, 1.82) is 0 Å². The van der Waals surface area contributed by atoms with E-state index in [1.807, 2.05) is 47.4 Å². The van der Waals surface area contributed by atoms with Crippen molar-refractivity contribution in [1.82, 2.24) is 15.1 Å². The molecule has 0 saturated heterocycles. The number of fused-ring (bicyclic) bond motifs is 2. The second kappa shape index (κ2) is 7.26. The summed E-state index contributed by atoms with van der Waals surface area (Å²) in [5.41, 5.74) is 6.11. The normalized spacial score (nSPS) is 12.9. The van der Waals surface area contributed by atoms with Gasteiger partial charge in [0, 0.05) is 24.0 Å². The van der Waals surface area contributed by atoms with Crippen molar-refractivity contribution in [2.45, 2.75) is 26.4 Å². The third-order valence-corrected chi connectivity index (χ3v) is 5.72. The number of carbonyl (C=O) groups excluding carboxylic acids is 1. The van der Waals surface area contributed by atoms with Crippen LogP contribution in [0.25, 0.3) is 22.0 Å². The van der Waals surface area contributed by atoms with Gasteiger partial charge in [-0.1, -0.05) is 66.2 Å². The quantitative estimate of drug-likeness (QED) is 0.571. The molecule has 5 heteroatoms. The Kier molecular flexibility index (Phi) is 4.43. The third kappa shape index (κ3) is 3.28. The molecule has 148 valence electrons. The summed E-state index contributed by atoms with van der Waals surface area (Å²) in [6, 6.07) is 21.6. The monoisotopic (exact) mass is 395 g/mol. The van der Waals surface area contributed by atoms with Gasteiger partial charge < -0.3 is 4.90 Å². The molecule has 0 spiro atoms. The van der Waals surface area contributed by atoms with Crippen molar-refractivity contribution in [3.8, 4) is 11.3 Å². The first-order valence-electron chi connectivity index (χ1n) is 10.0. The number of nitrogens with one attached hydrogen (secondary N) is 1. The molecule has 1 aliphatic rings. The average Bonchev–Trinajstić information content (AvgIpc) is 3.18. The number of hydrogen-bond acceptors (Lipinski definition) is 3. The van der Waals surface area contributed by atoms with E-state index < -0.39 is 0 Å². The van der Waals surface area contributed by atoms with Crippen molar-refractivity contribution in [3.63, 3.8) is 0 Å². The molecule has 1 aliphatic heterocycles. The van der Waals surface area contributed by atoms with Gasteiger partial charge in [0.1, 0.15) is 0 Å². The molecule has 0 unspecified atom stereocenters. The molecular formula is C25H21N3O2. The summed E-state index contributed by atoms with van der Waals surface area (Å²) < 4.78 is 0. The second-order valence-electron chi connectivity index (χ2n) is 7.84. The zero-order chi connectivity index (χ0) is 20.7. The molecule has 1 N–H and O–H groups in total. The molecule has 5 rings (SSSR count). The van der Waals surface area contributed by atoms with E-state index in [9.17, 15) is 9.59 Å². The maximum absolute atomic E-state index is 12.8. The lowest BCUT2D eigenvalue weighted by Gasteiger charge is -2.15. The number of hydrogen-bond donors (Lipinski definition) is 1. The molecule has 0 saturated carbocycles. The molecule has 4 aromatic rings. The van der Waals surface area contributed by atoms with E-state index in [0.717, 1.165) is 22.2 Å². The molecule has 5 nitrogen and oxygen atoms in total. The number of amides is 1. The molecule has 3 aromatic carbocycles. The van der Waals surface area contributed by atoms with Gasteiger partial charge in [-0.15, -0.1) is 0 Å². The average molecular weight is 395 g/mol. The molecule has 0 atom stereocenters. The first-order chi connectivity index (χ1) is 14.6. The fourth-order valence-electron chi connectivity index (χ4n) is 4.10. The highest BCUT2D eigenvalue weighted by Gasteiger charge is 2.23. The van der Waals surface area contributed by atoms with Gasteiger partial charge in [0.05, 0.1) is 17.5 Å². The molecule has 0 aliphatic carbocycles. The van der Waals surface area contributed by atoms with E-state index in [0.29, 0.717) is 24.9 Å². The number of nitrogens with zero attached hydrogens (tertiary/aromatic N) is 2. The molecule has 1 aromatic heterocycles. The fraction of sp³-hybridized carbons (Fsp3) is 0.160. The van der Waals surface area contributed by atoms with Crippen LogP contribution < -0.4 is 5.56 Å².